The fraction of sp³-hybridized carbons (Fsp3) is 1.00. The lowest BCUT2D eigenvalue weighted by atomic mass is 9.99. The van der Waals surface area contributed by atoms with Gasteiger partial charge < -0.3 is 14.0 Å². The van der Waals surface area contributed by atoms with Crippen LogP contribution in [-0.4, -0.2) is 40.6 Å². The predicted molar refractivity (Wildman–Crippen MR) is 115 cm³/mol. The van der Waals surface area contributed by atoms with E-state index in [9.17, 15) is 5.11 Å². The van der Waals surface area contributed by atoms with Gasteiger partial charge in [-0.1, -0.05) is 55.4 Å². The molecule has 5 heteroatoms. The quantitative estimate of drug-likeness (QED) is 0.477. The van der Waals surface area contributed by atoms with Crippen molar-refractivity contribution in [2.75, 3.05) is 6.61 Å². The summed E-state index contributed by atoms with van der Waals surface area (Å²) in [6.07, 6.45) is 1.23. The van der Waals surface area contributed by atoms with Crippen LogP contribution in [0.4, 0.5) is 0 Å². The molecule has 0 radical (unpaired) electrons. The van der Waals surface area contributed by atoms with Crippen molar-refractivity contribution in [2.24, 2.45) is 5.92 Å². The topological polar surface area (TPSA) is 38.7 Å². The van der Waals surface area contributed by atoms with E-state index in [2.05, 4.69) is 74.7 Å². The number of aliphatic hydroxyl groups excluding tert-OH is 1. The first-order chi connectivity index (χ1) is 10.9. The van der Waals surface area contributed by atoms with Crippen LogP contribution in [0.2, 0.25) is 36.3 Å². The van der Waals surface area contributed by atoms with Gasteiger partial charge in [0, 0.05) is 12.5 Å². The summed E-state index contributed by atoms with van der Waals surface area (Å²) in [6, 6.07) is 0. The van der Waals surface area contributed by atoms with Crippen molar-refractivity contribution in [3.8, 4) is 0 Å². The Morgan fingerprint density at radius 2 is 1.32 bits per heavy atom. The molecule has 0 heterocycles. The highest BCUT2D eigenvalue weighted by Crippen LogP contribution is 2.40. The molecule has 3 atom stereocenters. The molecule has 25 heavy (non-hydrogen) atoms. The van der Waals surface area contributed by atoms with Crippen LogP contribution < -0.4 is 0 Å². The van der Waals surface area contributed by atoms with Gasteiger partial charge in [0.25, 0.3) is 0 Å². The van der Waals surface area contributed by atoms with E-state index in [0.29, 0.717) is 13.0 Å². The lowest BCUT2D eigenvalue weighted by Crippen LogP contribution is -2.48. The smallest absolute Gasteiger partial charge is 0.192 e. The number of hydrogen-bond acceptors (Lipinski definition) is 3. The van der Waals surface area contributed by atoms with E-state index in [1.165, 1.54) is 0 Å². The van der Waals surface area contributed by atoms with Gasteiger partial charge in [-0.05, 0) is 49.1 Å². The van der Waals surface area contributed by atoms with E-state index in [4.69, 9.17) is 8.85 Å². The van der Waals surface area contributed by atoms with Crippen LogP contribution in [0, 0.1) is 5.92 Å². The number of rotatable bonds is 9. The Labute approximate surface area is 160 Å². The Morgan fingerprint density at radius 3 is 1.68 bits per heavy atom. The van der Waals surface area contributed by atoms with E-state index >= 15 is 0 Å². The lowest BCUT2D eigenvalue weighted by molar-refractivity contribution is 0.0371. The third-order valence-electron chi connectivity index (χ3n) is 6.38. The van der Waals surface area contributed by atoms with E-state index < -0.39 is 16.6 Å². The van der Waals surface area contributed by atoms with Gasteiger partial charge in [0.15, 0.2) is 16.6 Å². The number of hydrogen-bond donors (Lipinski definition) is 1. The van der Waals surface area contributed by atoms with E-state index in [0.717, 1.165) is 6.42 Å². The van der Waals surface area contributed by atoms with Gasteiger partial charge in [0.05, 0.1) is 12.2 Å². The average molecular weight is 391 g/mol. The summed E-state index contributed by atoms with van der Waals surface area (Å²) in [5, 5.41) is 10.6. The highest BCUT2D eigenvalue weighted by molar-refractivity contribution is 6.74. The molecule has 0 aromatic heterocycles. The molecule has 0 amide bonds. The van der Waals surface area contributed by atoms with Crippen molar-refractivity contribution in [3.63, 3.8) is 0 Å². The molecule has 1 N–H and O–H groups in total. The van der Waals surface area contributed by atoms with E-state index in [1.807, 2.05) is 6.92 Å². The Bertz CT molecular complexity index is 395. The Hall–Kier alpha value is 0.314. The second kappa shape index (κ2) is 9.00. The van der Waals surface area contributed by atoms with Gasteiger partial charge in [0.1, 0.15) is 0 Å². The summed E-state index contributed by atoms with van der Waals surface area (Å²) >= 11 is 0. The van der Waals surface area contributed by atoms with Crippen LogP contribution in [0.3, 0.4) is 0 Å². The zero-order valence-corrected chi connectivity index (χ0v) is 21.1. The monoisotopic (exact) mass is 390 g/mol. The zero-order chi connectivity index (χ0) is 20.3. The summed E-state index contributed by atoms with van der Waals surface area (Å²) in [4.78, 5) is 0. The van der Waals surface area contributed by atoms with Gasteiger partial charge in [0.2, 0.25) is 0 Å². The summed E-state index contributed by atoms with van der Waals surface area (Å²) in [5.41, 5.74) is 0. The van der Waals surface area contributed by atoms with Gasteiger partial charge in [-0.25, -0.2) is 0 Å². The average Bonchev–Trinajstić information content (AvgIpc) is 2.41. The fourth-order valence-corrected chi connectivity index (χ4v) is 4.60. The molecule has 0 saturated heterocycles. The molecule has 0 rings (SSSR count). The maximum atomic E-state index is 10.2. The third-order valence-corrected chi connectivity index (χ3v) is 15.4. The number of aliphatic hydroxyl groups is 1. The molecule has 152 valence electrons. The van der Waals surface area contributed by atoms with Gasteiger partial charge in [-0.2, -0.15) is 0 Å². The highest BCUT2D eigenvalue weighted by atomic mass is 28.4. The van der Waals surface area contributed by atoms with Crippen LogP contribution >= 0.6 is 0 Å². The Morgan fingerprint density at radius 1 is 0.880 bits per heavy atom. The molecule has 0 aliphatic rings. The first-order valence-electron chi connectivity index (χ1n) is 9.94. The van der Waals surface area contributed by atoms with E-state index in [-0.39, 0.29) is 28.2 Å². The summed E-state index contributed by atoms with van der Waals surface area (Å²) in [5.74, 6) is 0.282. The predicted octanol–water partition coefficient (Wildman–Crippen LogP) is 6.20. The minimum atomic E-state index is -1.88. The van der Waals surface area contributed by atoms with Crippen LogP contribution in [-0.2, 0) is 8.85 Å². The van der Waals surface area contributed by atoms with Crippen molar-refractivity contribution >= 4 is 16.6 Å². The molecule has 0 aliphatic carbocycles. The second-order valence-corrected chi connectivity index (χ2v) is 20.3. The minimum Gasteiger partial charge on any atom is -0.416 e. The lowest BCUT2D eigenvalue weighted by Gasteiger charge is -2.42. The molecular weight excluding hydrogens is 344 g/mol. The van der Waals surface area contributed by atoms with Crippen molar-refractivity contribution in [1.29, 1.82) is 0 Å². The molecule has 0 aromatic carbocycles. The summed E-state index contributed by atoms with van der Waals surface area (Å²) in [6.45, 7) is 27.8. The highest BCUT2D eigenvalue weighted by Gasteiger charge is 2.42. The first-order valence-corrected chi connectivity index (χ1v) is 15.8. The first kappa shape index (κ1) is 25.3. The van der Waals surface area contributed by atoms with Crippen molar-refractivity contribution in [2.45, 2.75) is 117 Å². The largest absolute Gasteiger partial charge is 0.416 e. The van der Waals surface area contributed by atoms with Crippen molar-refractivity contribution < 1.29 is 14.0 Å². The van der Waals surface area contributed by atoms with Gasteiger partial charge in [-0.3, -0.25) is 0 Å². The third kappa shape index (κ3) is 7.83. The molecule has 3 nitrogen and oxygen atoms in total. The molecule has 0 saturated carbocycles. The normalized spacial score (nSPS) is 18.1. The Kier molecular flexibility index (Phi) is 9.12. The van der Waals surface area contributed by atoms with Crippen molar-refractivity contribution in [3.05, 3.63) is 0 Å². The Balaban J connectivity index is 5.16. The van der Waals surface area contributed by atoms with Gasteiger partial charge in [-0.15, -0.1) is 0 Å². The molecule has 0 unspecified atom stereocenters. The van der Waals surface area contributed by atoms with Gasteiger partial charge >= 0.3 is 0 Å². The molecular formula is C20H46O3Si2. The van der Waals surface area contributed by atoms with Crippen LogP contribution in [0.15, 0.2) is 0 Å². The van der Waals surface area contributed by atoms with Crippen molar-refractivity contribution in [1.82, 2.24) is 0 Å². The molecule has 0 aromatic rings. The fourth-order valence-electron chi connectivity index (χ4n) is 2.05. The maximum absolute atomic E-state index is 10.2. The summed E-state index contributed by atoms with van der Waals surface area (Å²) in [7, 11) is -3.64. The van der Waals surface area contributed by atoms with Crippen LogP contribution in [0.1, 0.15) is 68.2 Å². The molecule has 0 spiro atoms. The minimum absolute atomic E-state index is 0.0561. The molecule has 0 fully saturated rings. The molecule has 0 bridgehead atoms. The molecule has 0 aliphatic heterocycles. The summed E-state index contributed by atoms with van der Waals surface area (Å²) < 4.78 is 13.1. The zero-order valence-electron chi connectivity index (χ0n) is 19.1. The van der Waals surface area contributed by atoms with Crippen LogP contribution in [0.5, 0.6) is 0 Å². The SMILES string of the molecule is CC[C@@H](O)C[C@H](O[Si](C)(C)C(C)(C)C)[C@@H](C)CO[Si](C)(C)C(C)(C)C. The maximum Gasteiger partial charge on any atom is 0.192 e. The van der Waals surface area contributed by atoms with E-state index in [1.54, 1.807) is 0 Å². The van der Waals surface area contributed by atoms with Crippen LogP contribution in [0.25, 0.3) is 0 Å². The second-order valence-electron chi connectivity index (χ2n) is 10.8. The standard InChI is InChI=1S/C20H46O3Si2/c1-13-17(21)14-18(23-25(11,12)20(6,7)8)16(2)15-22-24(9,10)19(3,4)5/h16-18,21H,13-15H2,1-12H3/t16-,17+,18-/m0/s1.